The van der Waals surface area contributed by atoms with E-state index in [9.17, 15) is 18.0 Å². The monoisotopic (exact) mass is 351 g/mol. The Morgan fingerprint density at radius 3 is 2.50 bits per heavy atom. The molecule has 0 amide bonds. The van der Waals surface area contributed by atoms with Gasteiger partial charge in [0, 0.05) is 11.9 Å². The highest BCUT2D eigenvalue weighted by Crippen LogP contribution is 2.30. The summed E-state index contributed by atoms with van der Waals surface area (Å²) in [5.41, 5.74) is 1.03. The zero-order chi connectivity index (χ0) is 17.3. The van der Waals surface area contributed by atoms with E-state index in [0.717, 1.165) is 17.7 Å². The second kappa shape index (κ2) is 6.27. The maximum atomic E-state index is 12.5. The molecule has 124 valence electrons. The van der Waals surface area contributed by atoms with Gasteiger partial charge in [0.15, 0.2) is 5.16 Å². The van der Waals surface area contributed by atoms with Gasteiger partial charge in [-0.3, -0.25) is 4.40 Å². The minimum Gasteiger partial charge on any atom is -0.251 e. The second-order valence-electron chi connectivity index (χ2n) is 5.20. The molecule has 2 aromatic heterocycles. The first-order valence-corrected chi connectivity index (χ1v) is 7.97. The number of pyridine rings is 1. The summed E-state index contributed by atoms with van der Waals surface area (Å²) in [5, 5.41) is 0.297. The molecule has 24 heavy (non-hydrogen) atoms. The number of aryl methyl sites for hydroxylation is 1. The lowest BCUT2D eigenvalue weighted by Crippen LogP contribution is -2.19. The average molecular weight is 351 g/mol. The van der Waals surface area contributed by atoms with E-state index >= 15 is 0 Å². The lowest BCUT2D eigenvalue weighted by atomic mass is 10.1. The van der Waals surface area contributed by atoms with Gasteiger partial charge in [0.1, 0.15) is 5.65 Å². The number of hydrogen-bond acceptors (Lipinski definition) is 4. The van der Waals surface area contributed by atoms with Crippen LogP contribution in [0.1, 0.15) is 16.7 Å². The topological polar surface area (TPSA) is 47.3 Å². The minimum absolute atomic E-state index is 0.297. The van der Waals surface area contributed by atoms with Gasteiger partial charge in [0.2, 0.25) is 0 Å². The lowest BCUT2D eigenvalue weighted by molar-refractivity contribution is -0.137. The van der Waals surface area contributed by atoms with Crippen LogP contribution in [0.4, 0.5) is 13.2 Å². The number of fused-ring (bicyclic) bond motifs is 1. The summed E-state index contributed by atoms with van der Waals surface area (Å²) in [7, 11) is 0. The van der Waals surface area contributed by atoms with Crippen LogP contribution in [0.5, 0.6) is 0 Å². The fourth-order valence-corrected chi connectivity index (χ4v) is 2.89. The third-order valence-electron chi connectivity index (χ3n) is 3.35. The molecule has 8 heteroatoms. The Morgan fingerprint density at radius 1 is 1.12 bits per heavy atom. The predicted octanol–water partition coefficient (Wildman–Crippen LogP) is 3.71. The van der Waals surface area contributed by atoms with Crippen LogP contribution in [-0.2, 0) is 11.9 Å². The number of hydrogen-bond donors (Lipinski definition) is 0. The molecule has 3 aromatic rings. The van der Waals surface area contributed by atoms with Crippen molar-refractivity contribution in [2.45, 2.75) is 24.0 Å². The number of nitrogens with zero attached hydrogens (tertiary/aromatic N) is 3. The van der Waals surface area contributed by atoms with E-state index in [1.165, 1.54) is 28.3 Å². The van der Waals surface area contributed by atoms with Crippen LogP contribution >= 0.6 is 11.8 Å². The Morgan fingerprint density at radius 2 is 1.83 bits per heavy atom. The third-order valence-corrected chi connectivity index (χ3v) is 4.27. The fourth-order valence-electron chi connectivity index (χ4n) is 2.10. The average Bonchev–Trinajstić information content (AvgIpc) is 2.52. The minimum atomic E-state index is -4.35. The number of rotatable bonds is 3. The van der Waals surface area contributed by atoms with Crippen LogP contribution in [0.3, 0.4) is 0 Å². The molecule has 0 radical (unpaired) electrons. The number of halogens is 3. The first-order chi connectivity index (χ1) is 11.3. The number of benzene rings is 1. The normalized spacial score (nSPS) is 11.8. The quantitative estimate of drug-likeness (QED) is 0.675. The van der Waals surface area contributed by atoms with Gasteiger partial charge >= 0.3 is 11.9 Å². The summed E-state index contributed by atoms with van der Waals surface area (Å²) < 4.78 is 38.9. The van der Waals surface area contributed by atoms with Crippen molar-refractivity contribution in [3.8, 4) is 0 Å². The molecule has 0 spiro atoms. The summed E-state index contributed by atoms with van der Waals surface area (Å²) in [5.74, 6) is 0.375. The van der Waals surface area contributed by atoms with Crippen molar-refractivity contribution >= 4 is 17.4 Å². The third kappa shape index (κ3) is 3.59. The van der Waals surface area contributed by atoms with Gasteiger partial charge in [-0.25, -0.2) is 9.78 Å². The molecule has 0 saturated carbocycles. The molecule has 0 aliphatic carbocycles. The summed E-state index contributed by atoms with van der Waals surface area (Å²) in [6.45, 7) is 1.89. The molecule has 3 rings (SSSR count). The second-order valence-corrected chi connectivity index (χ2v) is 6.15. The van der Waals surface area contributed by atoms with Crippen molar-refractivity contribution in [1.29, 1.82) is 0 Å². The van der Waals surface area contributed by atoms with Crippen LogP contribution in [0.15, 0.2) is 52.5 Å². The molecular formula is C16H12F3N3OS. The van der Waals surface area contributed by atoms with E-state index in [1.54, 1.807) is 18.3 Å². The Bertz CT molecular complexity index is 936. The smallest absolute Gasteiger partial charge is 0.251 e. The predicted molar refractivity (Wildman–Crippen MR) is 85.0 cm³/mol. The van der Waals surface area contributed by atoms with Crippen LogP contribution < -0.4 is 5.69 Å². The van der Waals surface area contributed by atoms with Crippen molar-refractivity contribution in [2.24, 2.45) is 0 Å². The van der Waals surface area contributed by atoms with Crippen molar-refractivity contribution in [3.05, 3.63) is 69.8 Å². The molecule has 0 aliphatic rings. The van der Waals surface area contributed by atoms with Gasteiger partial charge in [-0.1, -0.05) is 23.9 Å². The first-order valence-electron chi connectivity index (χ1n) is 6.99. The summed E-state index contributed by atoms with van der Waals surface area (Å²) in [4.78, 5) is 20.1. The number of thioether (sulfide) groups is 1. The Kier molecular flexibility index (Phi) is 4.31. The van der Waals surface area contributed by atoms with E-state index in [-0.39, 0.29) is 0 Å². The van der Waals surface area contributed by atoms with Gasteiger partial charge in [-0.15, -0.1) is 0 Å². The zero-order valence-electron chi connectivity index (χ0n) is 12.5. The molecular weight excluding hydrogens is 339 g/mol. The maximum absolute atomic E-state index is 12.5. The van der Waals surface area contributed by atoms with Crippen molar-refractivity contribution in [1.82, 2.24) is 14.4 Å². The molecule has 0 unspecified atom stereocenters. The number of aromatic nitrogens is 3. The van der Waals surface area contributed by atoms with E-state index in [1.807, 2.05) is 6.92 Å². The summed E-state index contributed by atoms with van der Waals surface area (Å²) in [6, 6.07) is 8.45. The largest absolute Gasteiger partial charge is 0.416 e. The summed E-state index contributed by atoms with van der Waals surface area (Å²) >= 11 is 1.20. The van der Waals surface area contributed by atoms with Crippen molar-refractivity contribution < 1.29 is 13.2 Å². The number of alkyl halides is 3. The highest BCUT2D eigenvalue weighted by atomic mass is 32.2. The fraction of sp³-hybridized carbons (Fsp3) is 0.188. The van der Waals surface area contributed by atoms with Crippen LogP contribution in [0, 0.1) is 6.92 Å². The van der Waals surface area contributed by atoms with Crippen molar-refractivity contribution in [2.75, 3.05) is 0 Å². The van der Waals surface area contributed by atoms with Gasteiger partial charge in [-0.05, 0) is 42.3 Å². The van der Waals surface area contributed by atoms with E-state index in [4.69, 9.17) is 0 Å². The maximum Gasteiger partial charge on any atom is 0.416 e. The molecule has 4 nitrogen and oxygen atoms in total. The Labute approximate surface area is 139 Å². The molecule has 2 heterocycles. The van der Waals surface area contributed by atoms with E-state index in [2.05, 4.69) is 9.97 Å². The molecule has 0 bridgehead atoms. The van der Waals surface area contributed by atoms with Crippen LogP contribution in [-0.4, -0.2) is 14.4 Å². The van der Waals surface area contributed by atoms with Crippen molar-refractivity contribution in [3.63, 3.8) is 0 Å². The first kappa shape index (κ1) is 16.5. The Balaban J connectivity index is 1.79. The molecule has 0 N–H and O–H groups in total. The SMILES string of the molecule is Cc1ccn2c(=O)nc(SCc3ccc(C(F)(F)F)cc3)nc2c1. The Hall–Kier alpha value is -2.35. The van der Waals surface area contributed by atoms with Gasteiger partial charge < -0.3 is 0 Å². The van der Waals surface area contributed by atoms with Gasteiger partial charge in [0.25, 0.3) is 0 Å². The molecule has 0 fully saturated rings. The van der Waals surface area contributed by atoms with Crippen LogP contribution in [0.2, 0.25) is 0 Å². The lowest BCUT2D eigenvalue weighted by Gasteiger charge is -2.07. The molecule has 0 atom stereocenters. The molecule has 1 aromatic carbocycles. The van der Waals surface area contributed by atoms with E-state index < -0.39 is 17.4 Å². The molecule has 0 aliphatic heterocycles. The zero-order valence-corrected chi connectivity index (χ0v) is 13.4. The summed E-state index contributed by atoms with van der Waals surface area (Å²) in [6.07, 6.45) is -2.74. The van der Waals surface area contributed by atoms with E-state index in [0.29, 0.717) is 22.1 Å². The highest BCUT2D eigenvalue weighted by molar-refractivity contribution is 7.98. The van der Waals surface area contributed by atoms with Gasteiger partial charge in [-0.2, -0.15) is 18.2 Å². The van der Waals surface area contributed by atoms with Gasteiger partial charge in [0.05, 0.1) is 5.56 Å². The highest BCUT2D eigenvalue weighted by Gasteiger charge is 2.29. The standard InChI is InChI=1S/C16H12F3N3OS/c1-10-6-7-22-13(8-10)20-14(21-15(22)23)24-9-11-2-4-12(5-3-11)16(17,18)19/h2-8H,9H2,1H3. The molecule has 0 saturated heterocycles. The van der Waals surface area contributed by atoms with Crippen LogP contribution in [0.25, 0.3) is 5.65 Å².